The van der Waals surface area contributed by atoms with Crippen LogP contribution in [-0.4, -0.2) is 17.9 Å². The van der Waals surface area contributed by atoms with E-state index in [1.165, 1.54) is 37.5 Å². The first-order valence-corrected chi connectivity index (χ1v) is 11.0. The monoisotopic (exact) mass is 531 g/mol. The summed E-state index contributed by atoms with van der Waals surface area (Å²) < 4.78 is 11.2. The van der Waals surface area contributed by atoms with Crippen molar-refractivity contribution in [3.8, 4) is 17.6 Å². The van der Waals surface area contributed by atoms with E-state index < -0.39 is 16.5 Å². The molecule has 0 bridgehead atoms. The van der Waals surface area contributed by atoms with Crippen molar-refractivity contribution in [2.24, 2.45) is 0 Å². The fourth-order valence-corrected chi connectivity index (χ4v) is 3.63. The van der Waals surface area contributed by atoms with Gasteiger partial charge in [-0.15, -0.1) is 0 Å². The van der Waals surface area contributed by atoms with Gasteiger partial charge >= 0.3 is 0 Å². The minimum absolute atomic E-state index is 0.107. The molecule has 1 amide bonds. The number of hydrogen-bond donors (Lipinski definition) is 1. The van der Waals surface area contributed by atoms with E-state index in [2.05, 4.69) is 5.32 Å². The van der Waals surface area contributed by atoms with Crippen molar-refractivity contribution in [1.29, 1.82) is 5.26 Å². The number of halogens is 3. The lowest BCUT2D eigenvalue weighted by molar-refractivity contribution is -0.383. The van der Waals surface area contributed by atoms with Crippen molar-refractivity contribution >= 4 is 58.2 Å². The lowest BCUT2D eigenvalue weighted by Crippen LogP contribution is -2.14. The number of amides is 1. The fraction of sp³-hybridized carbons (Fsp3) is 0.0833. The first kappa shape index (κ1) is 25.8. The summed E-state index contributed by atoms with van der Waals surface area (Å²) in [5.74, 6) is -0.333. The van der Waals surface area contributed by atoms with Gasteiger partial charge in [-0.25, -0.2) is 0 Å². The average molecular weight is 533 g/mol. The van der Waals surface area contributed by atoms with Gasteiger partial charge in [0.1, 0.15) is 23.9 Å². The van der Waals surface area contributed by atoms with Gasteiger partial charge in [0.05, 0.1) is 17.1 Å². The number of nitro benzene ring substituents is 1. The van der Waals surface area contributed by atoms with Gasteiger partial charge in [-0.1, -0.05) is 53.0 Å². The second-order valence-corrected chi connectivity index (χ2v) is 8.21. The van der Waals surface area contributed by atoms with Crippen molar-refractivity contribution in [2.45, 2.75) is 6.61 Å². The number of rotatable bonds is 8. The fourth-order valence-electron chi connectivity index (χ4n) is 3.00. The molecule has 0 aliphatic heterocycles. The Bertz CT molecular complexity index is 1370. The Hall–Kier alpha value is -3.77. The van der Waals surface area contributed by atoms with Crippen LogP contribution in [0.1, 0.15) is 11.1 Å². The van der Waals surface area contributed by atoms with Crippen LogP contribution in [-0.2, 0) is 11.4 Å². The molecule has 3 rings (SSSR count). The van der Waals surface area contributed by atoms with Gasteiger partial charge in [0.15, 0.2) is 11.5 Å². The standard InChI is InChI=1S/C24H16Cl3N3O5/c1-34-22-10-14(9-19(27)23(22)35-13-15-4-2-3-5-18(15)26)8-16(12-28)24(31)29-20-7-6-17(25)11-21(20)30(32)33/h2-11H,13H2,1H3,(H,29,31)/b16-8-. The van der Waals surface area contributed by atoms with Gasteiger partial charge in [0.2, 0.25) is 0 Å². The molecule has 0 saturated heterocycles. The van der Waals surface area contributed by atoms with E-state index in [9.17, 15) is 20.2 Å². The van der Waals surface area contributed by atoms with Crippen molar-refractivity contribution in [3.05, 3.63) is 96.5 Å². The summed E-state index contributed by atoms with van der Waals surface area (Å²) in [6.07, 6.45) is 1.27. The molecule has 0 saturated carbocycles. The van der Waals surface area contributed by atoms with E-state index >= 15 is 0 Å². The summed E-state index contributed by atoms with van der Waals surface area (Å²) in [5, 5.41) is 24.0. The lowest BCUT2D eigenvalue weighted by atomic mass is 10.1. The number of nitriles is 1. The van der Waals surface area contributed by atoms with E-state index in [0.717, 1.165) is 11.6 Å². The molecule has 0 radical (unpaired) electrons. The maximum atomic E-state index is 12.6. The van der Waals surface area contributed by atoms with Gasteiger partial charge in [0, 0.05) is 21.7 Å². The van der Waals surface area contributed by atoms with E-state index in [-0.39, 0.29) is 39.4 Å². The Labute approximate surface area is 215 Å². The SMILES string of the molecule is COc1cc(/C=C(/C#N)C(=O)Nc2ccc(Cl)cc2[N+](=O)[O-])cc(Cl)c1OCc1ccccc1Cl. The zero-order valence-electron chi connectivity index (χ0n) is 18.1. The highest BCUT2D eigenvalue weighted by molar-refractivity contribution is 6.32. The first-order chi connectivity index (χ1) is 16.7. The molecular weight excluding hydrogens is 517 g/mol. The smallest absolute Gasteiger partial charge is 0.294 e. The summed E-state index contributed by atoms with van der Waals surface area (Å²) in [4.78, 5) is 23.2. The number of nitro groups is 1. The van der Waals surface area contributed by atoms with Gasteiger partial charge in [-0.2, -0.15) is 5.26 Å². The summed E-state index contributed by atoms with van der Waals surface area (Å²) in [5.41, 5.74) is 0.278. The molecule has 0 aliphatic rings. The molecule has 0 fully saturated rings. The predicted molar refractivity (Wildman–Crippen MR) is 134 cm³/mol. The Morgan fingerprint density at radius 3 is 2.54 bits per heavy atom. The van der Waals surface area contributed by atoms with Crippen molar-refractivity contribution in [1.82, 2.24) is 0 Å². The molecule has 11 heteroatoms. The minimum Gasteiger partial charge on any atom is -0.493 e. The molecule has 0 spiro atoms. The Morgan fingerprint density at radius 1 is 1.14 bits per heavy atom. The van der Waals surface area contributed by atoms with Crippen LogP contribution >= 0.6 is 34.8 Å². The number of nitrogens with one attached hydrogen (secondary N) is 1. The number of ether oxygens (including phenoxy) is 2. The number of anilines is 1. The van der Waals surface area contributed by atoms with Gasteiger partial charge in [0.25, 0.3) is 11.6 Å². The highest BCUT2D eigenvalue weighted by Crippen LogP contribution is 2.38. The molecule has 0 heterocycles. The highest BCUT2D eigenvalue weighted by atomic mass is 35.5. The number of hydrogen-bond acceptors (Lipinski definition) is 6. The van der Waals surface area contributed by atoms with Crippen LogP contribution in [0.2, 0.25) is 15.1 Å². The Balaban J connectivity index is 1.86. The van der Waals surface area contributed by atoms with Crippen LogP contribution in [0.4, 0.5) is 11.4 Å². The van der Waals surface area contributed by atoms with Crippen molar-refractivity contribution in [2.75, 3.05) is 12.4 Å². The van der Waals surface area contributed by atoms with Gasteiger partial charge in [-0.05, 0) is 42.0 Å². The van der Waals surface area contributed by atoms with E-state index in [0.29, 0.717) is 10.6 Å². The second kappa shape index (κ2) is 11.6. The molecule has 1 N–H and O–H groups in total. The molecule has 8 nitrogen and oxygen atoms in total. The molecule has 0 aliphatic carbocycles. The normalized spacial score (nSPS) is 10.9. The third-order valence-electron chi connectivity index (χ3n) is 4.66. The van der Waals surface area contributed by atoms with Crippen LogP contribution in [0.25, 0.3) is 6.08 Å². The predicted octanol–water partition coefficient (Wildman–Crippen LogP) is 6.69. The van der Waals surface area contributed by atoms with E-state index in [1.54, 1.807) is 18.2 Å². The molecule has 0 atom stereocenters. The minimum atomic E-state index is -0.855. The molecular formula is C24H16Cl3N3O5. The summed E-state index contributed by atoms with van der Waals surface area (Å²) in [7, 11) is 1.42. The van der Waals surface area contributed by atoms with Crippen LogP contribution in [0.3, 0.4) is 0 Å². The first-order valence-electron chi connectivity index (χ1n) is 9.84. The van der Waals surface area contributed by atoms with Crippen LogP contribution < -0.4 is 14.8 Å². The van der Waals surface area contributed by atoms with Gasteiger partial charge in [-0.3, -0.25) is 14.9 Å². The summed E-state index contributed by atoms with van der Waals surface area (Å²) in [6, 6.07) is 15.7. The maximum absolute atomic E-state index is 12.6. The lowest BCUT2D eigenvalue weighted by Gasteiger charge is -2.14. The molecule has 0 aromatic heterocycles. The number of nitrogens with zero attached hydrogens (tertiary/aromatic N) is 2. The Morgan fingerprint density at radius 2 is 1.89 bits per heavy atom. The van der Waals surface area contributed by atoms with Crippen LogP contribution in [0.15, 0.2) is 60.2 Å². The van der Waals surface area contributed by atoms with E-state index in [1.807, 2.05) is 12.1 Å². The van der Waals surface area contributed by atoms with Crippen LogP contribution in [0.5, 0.6) is 11.5 Å². The third kappa shape index (κ3) is 6.43. The van der Waals surface area contributed by atoms with Crippen LogP contribution in [0, 0.1) is 21.4 Å². The number of carbonyl (C=O) groups is 1. The topological polar surface area (TPSA) is 114 Å². The van der Waals surface area contributed by atoms with Gasteiger partial charge < -0.3 is 14.8 Å². The number of benzene rings is 3. The third-order valence-corrected chi connectivity index (χ3v) is 5.55. The quantitative estimate of drug-likeness (QED) is 0.150. The Kier molecular flexibility index (Phi) is 8.55. The molecule has 3 aromatic carbocycles. The summed E-state index contributed by atoms with van der Waals surface area (Å²) in [6.45, 7) is 0.136. The zero-order valence-corrected chi connectivity index (χ0v) is 20.3. The molecule has 178 valence electrons. The molecule has 3 aromatic rings. The second-order valence-electron chi connectivity index (χ2n) is 6.96. The zero-order chi connectivity index (χ0) is 25.5. The largest absolute Gasteiger partial charge is 0.493 e. The van der Waals surface area contributed by atoms with Crippen molar-refractivity contribution < 1.29 is 19.2 Å². The maximum Gasteiger partial charge on any atom is 0.294 e. The van der Waals surface area contributed by atoms with E-state index in [4.69, 9.17) is 44.3 Å². The summed E-state index contributed by atoms with van der Waals surface area (Å²) >= 11 is 18.3. The number of methoxy groups -OCH3 is 1. The highest BCUT2D eigenvalue weighted by Gasteiger charge is 2.19. The average Bonchev–Trinajstić information content (AvgIpc) is 2.83. The molecule has 35 heavy (non-hydrogen) atoms. The number of carbonyl (C=O) groups excluding carboxylic acids is 1. The molecule has 0 unspecified atom stereocenters. The van der Waals surface area contributed by atoms with Crippen molar-refractivity contribution in [3.63, 3.8) is 0 Å².